The standard InChI is InChI=1S/C24H28N8.CH3NO.CH4S.K/c1-5-12-32-20-15-18(10-11-19(20)29-30-32)27-23-26-16-21(31-13-8-7-9-14-31)22(28-23)24(4,25)17(3)6-2;2-1-3;1-2;/h1,6-8,10-11,15-16H,9,12-14,25H2,2-4H3,(H,26,27,28);1H,(H2,2,3);2H,1H3;/q;;;+1/p-1/b17-6+;;;/t24-;;;/m1.../s1. The van der Waals surface area contributed by atoms with Crippen LogP contribution in [0, 0.1) is 12.3 Å². The number of terminal acetylenes is 1. The smallest absolute Gasteiger partial charge is 0.796 e. The van der Waals surface area contributed by atoms with Crippen molar-refractivity contribution in [2.75, 3.05) is 29.6 Å². The van der Waals surface area contributed by atoms with Crippen LogP contribution in [-0.4, -0.2) is 50.7 Å². The van der Waals surface area contributed by atoms with Crippen molar-refractivity contribution in [2.24, 2.45) is 11.5 Å². The number of nitrogens with two attached hydrogens (primary N) is 2. The number of hydrogen-bond donors (Lipinski definition) is 3. The van der Waals surface area contributed by atoms with E-state index < -0.39 is 5.54 Å². The molecular weight excluding hydrogens is 526 g/mol. The van der Waals surface area contributed by atoms with Crippen LogP contribution < -0.4 is 73.1 Å². The number of hydrogen-bond acceptors (Lipinski definition) is 9. The topological polar surface area (TPSA) is 141 Å². The molecule has 1 aromatic carbocycles. The molecule has 0 saturated heterocycles. The van der Waals surface area contributed by atoms with Gasteiger partial charge in [-0.2, -0.15) is 6.26 Å². The number of nitrogens with one attached hydrogen (secondary N) is 1. The number of allylic oxidation sites excluding steroid dienone is 1. The Morgan fingerprint density at radius 2 is 2.05 bits per heavy atom. The molecule has 0 unspecified atom stereocenters. The molecule has 12 heteroatoms. The summed E-state index contributed by atoms with van der Waals surface area (Å²) in [6.45, 7) is 8.10. The fourth-order valence-corrected chi connectivity index (χ4v) is 3.77. The zero-order valence-corrected chi connectivity index (χ0v) is 26.6. The fraction of sp³-hybridized carbons (Fsp3) is 0.346. The predicted molar refractivity (Wildman–Crippen MR) is 152 cm³/mol. The monoisotopic (exact) mass is 559 g/mol. The summed E-state index contributed by atoms with van der Waals surface area (Å²) in [4.78, 5) is 20.3. The Bertz CT molecular complexity index is 1300. The Morgan fingerprint density at radius 3 is 2.66 bits per heavy atom. The normalized spacial score (nSPS) is 14.0. The van der Waals surface area contributed by atoms with Crippen molar-refractivity contribution in [1.29, 1.82) is 0 Å². The van der Waals surface area contributed by atoms with Crippen molar-refractivity contribution in [2.45, 2.75) is 39.3 Å². The molecule has 4 rings (SSSR count). The van der Waals surface area contributed by atoms with Crippen LogP contribution >= 0.6 is 0 Å². The van der Waals surface area contributed by atoms with E-state index in [0.29, 0.717) is 12.5 Å². The minimum atomic E-state index is -0.732. The van der Waals surface area contributed by atoms with E-state index in [1.807, 2.05) is 51.2 Å². The van der Waals surface area contributed by atoms with Crippen LogP contribution in [0.15, 0.2) is 48.2 Å². The molecule has 3 heterocycles. The Labute approximate surface area is 272 Å². The predicted octanol–water partition coefficient (Wildman–Crippen LogP) is -0.227. The van der Waals surface area contributed by atoms with Crippen molar-refractivity contribution >= 4 is 47.4 Å². The van der Waals surface area contributed by atoms with E-state index in [2.05, 4.69) is 61.9 Å². The van der Waals surface area contributed by atoms with E-state index in [1.165, 1.54) is 0 Å². The number of amides is 1. The molecule has 1 amide bonds. The molecule has 196 valence electrons. The summed E-state index contributed by atoms with van der Waals surface area (Å²) in [6.07, 6.45) is 16.5. The molecular formula is C26H34KN9OS. The van der Waals surface area contributed by atoms with E-state index in [-0.39, 0.29) is 57.8 Å². The first-order valence-electron chi connectivity index (χ1n) is 11.6. The number of fused-ring (bicyclic) bond motifs is 1. The van der Waals surface area contributed by atoms with Gasteiger partial charge < -0.3 is 34.3 Å². The second-order valence-corrected chi connectivity index (χ2v) is 8.22. The molecule has 0 saturated carbocycles. The zero-order valence-electron chi connectivity index (χ0n) is 22.7. The minimum absolute atomic E-state index is 0. The first kappa shape index (κ1) is 33.8. The van der Waals surface area contributed by atoms with Gasteiger partial charge >= 0.3 is 51.4 Å². The number of carbonyl (C=O) groups is 1. The van der Waals surface area contributed by atoms with E-state index in [4.69, 9.17) is 21.9 Å². The molecule has 0 spiro atoms. The summed E-state index contributed by atoms with van der Waals surface area (Å²) in [6, 6.07) is 5.75. The molecule has 0 radical (unpaired) electrons. The molecule has 1 atom stereocenters. The Morgan fingerprint density at radius 1 is 1.34 bits per heavy atom. The van der Waals surface area contributed by atoms with Gasteiger partial charge in [0.25, 0.3) is 0 Å². The van der Waals surface area contributed by atoms with Crippen LogP contribution in [0.2, 0.25) is 0 Å². The van der Waals surface area contributed by atoms with Gasteiger partial charge in [0.1, 0.15) is 12.1 Å². The number of aromatic nitrogens is 5. The molecule has 38 heavy (non-hydrogen) atoms. The number of rotatable bonds is 6. The maximum Gasteiger partial charge on any atom is 1.00 e. The molecule has 0 bridgehead atoms. The number of primary amides is 1. The first-order chi connectivity index (χ1) is 17.8. The summed E-state index contributed by atoms with van der Waals surface area (Å²) >= 11 is 4.08. The van der Waals surface area contributed by atoms with Crippen LogP contribution in [0.5, 0.6) is 0 Å². The van der Waals surface area contributed by atoms with Crippen molar-refractivity contribution in [3.8, 4) is 12.3 Å². The van der Waals surface area contributed by atoms with Crippen LogP contribution in [0.1, 0.15) is 32.9 Å². The van der Waals surface area contributed by atoms with Crippen molar-refractivity contribution < 1.29 is 56.2 Å². The molecule has 1 aliphatic rings. The number of benzene rings is 1. The van der Waals surface area contributed by atoms with Gasteiger partial charge in [-0.3, -0.25) is 4.79 Å². The summed E-state index contributed by atoms with van der Waals surface area (Å²) in [5.41, 5.74) is 15.5. The zero-order chi connectivity index (χ0) is 27.4. The third-order valence-electron chi connectivity index (χ3n) is 5.92. The molecule has 0 aliphatic carbocycles. The average Bonchev–Trinajstić information content (AvgIpc) is 3.32. The number of carbonyl (C=O) groups excluding carboxylic acids is 1. The molecule has 5 N–H and O–H groups in total. The van der Waals surface area contributed by atoms with Crippen LogP contribution in [0.25, 0.3) is 11.0 Å². The van der Waals surface area contributed by atoms with E-state index >= 15 is 0 Å². The van der Waals surface area contributed by atoms with Gasteiger partial charge in [-0.15, -0.1) is 11.5 Å². The first-order valence-corrected chi connectivity index (χ1v) is 12.5. The maximum atomic E-state index is 8.58. The van der Waals surface area contributed by atoms with E-state index in [0.717, 1.165) is 53.2 Å². The van der Waals surface area contributed by atoms with Crippen LogP contribution in [0.4, 0.5) is 17.3 Å². The van der Waals surface area contributed by atoms with E-state index in [1.54, 1.807) is 10.9 Å². The summed E-state index contributed by atoms with van der Waals surface area (Å²) in [7, 11) is 0. The molecule has 10 nitrogen and oxygen atoms in total. The van der Waals surface area contributed by atoms with Gasteiger partial charge in [-0.1, -0.05) is 34.9 Å². The number of anilines is 3. The quantitative estimate of drug-likeness (QED) is 0.123. The SMILES string of the molecule is C#CCn1nnc2ccc(Nc3ncc(N4CC=CCC4)c([C@](C)(N)/C(C)=C/C)n3)cc21.C[S-].NC=O.[K+]. The largest absolute Gasteiger partial charge is 1.00 e. The number of nitrogens with zero attached hydrogens (tertiary/aromatic N) is 6. The molecule has 1 aliphatic heterocycles. The van der Waals surface area contributed by atoms with Gasteiger partial charge in [-0.05, 0) is 45.4 Å². The Balaban J connectivity index is 0.00000112. The molecule has 2 aromatic heterocycles. The van der Waals surface area contributed by atoms with E-state index in [9.17, 15) is 0 Å². The van der Waals surface area contributed by atoms with Crippen LogP contribution in [-0.2, 0) is 29.5 Å². The Kier molecular flexibility index (Phi) is 14.8. The van der Waals surface area contributed by atoms with Gasteiger partial charge in [0.2, 0.25) is 12.4 Å². The fourth-order valence-electron chi connectivity index (χ4n) is 3.77. The van der Waals surface area contributed by atoms with Gasteiger partial charge in [0.15, 0.2) is 0 Å². The average molecular weight is 560 g/mol. The summed E-state index contributed by atoms with van der Waals surface area (Å²) in [5.74, 6) is 3.07. The van der Waals surface area contributed by atoms with Gasteiger partial charge in [0, 0.05) is 18.8 Å². The second-order valence-electron chi connectivity index (χ2n) is 8.22. The van der Waals surface area contributed by atoms with Crippen LogP contribution in [0.3, 0.4) is 0 Å². The second kappa shape index (κ2) is 16.7. The van der Waals surface area contributed by atoms with Crippen molar-refractivity contribution in [3.05, 3.63) is 53.9 Å². The summed E-state index contributed by atoms with van der Waals surface area (Å²) in [5, 5.41) is 11.6. The Hall–Kier alpha value is -2.24. The minimum Gasteiger partial charge on any atom is -0.796 e. The maximum absolute atomic E-state index is 8.58. The molecule has 0 fully saturated rings. The third-order valence-corrected chi connectivity index (χ3v) is 5.92. The molecule has 3 aromatic rings. The van der Waals surface area contributed by atoms with Gasteiger partial charge in [-0.25, -0.2) is 14.6 Å². The van der Waals surface area contributed by atoms with Crippen molar-refractivity contribution in [1.82, 2.24) is 25.0 Å². The summed E-state index contributed by atoms with van der Waals surface area (Å²) < 4.78 is 1.69. The van der Waals surface area contributed by atoms with Gasteiger partial charge in [0.05, 0.1) is 28.6 Å². The van der Waals surface area contributed by atoms with Crippen molar-refractivity contribution in [3.63, 3.8) is 0 Å². The third kappa shape index (κ3) is 8.38.